The number of rotatable bonds is 1. The number of nitrogens with two attached hydrogens (primary N) is 1. The maximum Gasteiger partial charge on any atom is 0.0650 e. The van der Waals surface area contributed by atoms with Gasteiger partial charge >= 0.3 is 0 Å². The van der Waals surface area contributed by atoms with Gasteiger partial charge in [0.2, 0.25) is 0 Å². The Hall–Kier alpha value is -1.42. The van der Waals surface area contributed by atoms with E-state index in [4.69, 9.17) is 5.73 Å². The van der Waals surface area contributed by atoms with Gasteiger partial charge in [0.25, 0.3) is 0 Å². The number of thioether (sulfide) groups is 1. The van der Waals surface area contributed by atoms with Gasteiger partial charge in [-0.15, -0.1) is 0 Å². The third-order valence-electron chi connectivity index (χ3n) is 2.91. The van der Waals surface area contributed by atoms with E-state index in [0.717, 1.165) is 28.6 Å². The molecular weight excluding hydrogens is 218 g/mol. The minimum absolute atomic E-state index is 0.790. The van der Waals surface area contributed by atoms with Gasteiger partial charge in [-0.2, -0.15) is 16.9 Å². The first kappa shape index (κ1) is 9.78. The van der Waals surface area contributed by atoms with Crippen molar-refractivity contribution in [1.82, 2.24) is 9.78 Å². The first-order valence-electron chi connectivity index (χ1n) is 5.27. The number of aromatic nitrogens is 2. The number of nitrogen functional groups attached to an aromatic ring is 1. The average Bonchev–Trinajstić information content (AvgIpc) is 2.84. The van der Waals surface area contributed by atoms with Gasteiger partial charge in [0.05, 0.1) is 17.1 Å². The summed E-state index contributed by atoms with van der Waals surface area (Å²) in [6.07, 6.45) is 0. The van der Waals surface area contributed by atoms with E-state index < -0.39 is 0 Å². The topological polar surface area (TPSA) is 43.8 Å². The van der Waals surface area contributed by atoms with Crippen LogP contribution in [-0.2, 0) is 11.5 Å². The van der Waals surface area contributed by atoms with Crippen molar-refractivity contribution in [1.29, 1.82) is 0 Å². The lowest BCUT2D eigenvalue weighted by Gasteiger charge is -2.05. The number of anilines is 1. The van der Waals surface area contributed by atoms with Crippen LogP contribution in [0.15, 0.2) is 24.3 Å². The third-order valence-corrected chi connectivity index (χ3v) is 3.88. The molecule has 0 unspecified atom stereocenters. The molecule has 1 aliphatic heterocycles. The Labute approximate surface area is 98.6 Å². The Balaban J connectivity index is 2.13. The van der Waals surface area contributed by atoms with E-state index in [1.54, 1.807) is 0 Å². The third kappa shape index (κ3) is 1.41. The molecule has 1 aliphatic rings. The quantitative estimate of drug-likeness (QED) is 0.767. The summed E-state index contributed by atoms with van der Waals surface area (Å²) in [4.78, 5) is 0. The zero-order chi connectivity index (χ0) is 11.1. The van der Waals surface area contributed by atoms with Crippen LogP contribution in [0, 0.1) is 6.92 Å². The zero-order valence-electron chi connectivity index (χ0n) is 9.10. The Morgan fingerprint density at radius 2 is 2.00 bits per heavy atom. The molecule has 0 saturated carbocycles. The molecule has 82 valence electrons. The van der Waals surface area contributed by atoms with E-state index in [2.05, 4.69) is 12.0 Å². The molecule has 0 spiro atoms. The normalized spacial score (nSPS) is 14.1. The minimum atomic E-state index is 0.790. The summed E-state index contributed by atoms with van der Waals surface area (Å²) >= 11 is 1.95. The molecule has 4 heteroatoms. The molecule has 3 rings (SSSR count). The van der Waals surface area contributed by atoms with Gasteiger partial charge in [0, 0.05) is 22.8 Å². The van der Waals surface area contributed by atoms with Crippen molar-refractivity contribution >= 4 is 17.4 Å². The Bertz CT molecular complexity index is 528. The summed E-state index contributed by atoms with van der Waals surface area (Å²) in [7, 11) is 0. The fraction of sp³-hybridized carbons (Fsp3) is 0.250. The van der Waals surface area contributed by atoms with E-state index in [0.29, 0.717) is 0 Å². The fourth-order valence-electron chi connectivity index (χ4n) is 2.02. The van der Waals surface area contributed by atoms with Gasteiger partial charge in [-0.05, 0) is 31.2 Å². The highest BCUT2D eigenvalue weighted by Crippen LogP contribution is 2.33. The molecule has 0 aliphatic carbocycles. The Kier molecular flexibility index (Phi) is 2.17. The highest BCUT2D eigenvalue weighted by Gasteiger charge is 2.21. The average molecular weight is 231 g/mol. The summed E-state index contributed by atoms with van der Waals surface area (Å²) in [6.45, 7) is 2.08. The van der Waals surface area contributed by atoms with Crippen LogP contribution in [0.4, 0.5) is 5.69 Å². The number of hydrogen-bond acceptors (Lipinski definition) is 3. The van der Waals surface area contributed by atoms with Crippen LogP contribution in [0.25, 0.3) is 5.69 Å². The second kappa shape index (κ2) is 3.56. The molecule has 16 heavy (non-hydrogen) atoms. The van der Waals surface area contributed by atoms with Crippen molar-refractivity contribution in [2.24, 2.45) is 0 Å². The van der Waals surface area contributed by atoms with Crippen molar-refractivity contribution in [3.8, 4) is 5.69 Å². The van der Waals surface area contributed by atoms with Crippen LogP contribution in [0.2, 0.25) is 0 Å². The van der Waals surface area contributed by atoms with E-state index in [1.807, 2.05) is 40.7 Å². The van der Waals surface area contributed by atoms with Crippen LogP contribution in [-0.4, -0.2) is 9.78 Å². The molecule has 0 atom stereocenters. The standard InChI is InChI=1S/C12H13N3S/c1-8-11-6-16-7-12(11)15(14-8)10-4-2-9(13)3-5-10/h2-5H,6-7,13H2,1H3. The molecule has 2 heterocycles. The molecule has 1 aromatic carbocycles. The lowest BCUT2D eigenvalue weighted by molar-refractivity contribution is 0.830. The predicted octanol–water partition coefficient (Wildman–Crippen LogP) is 2.51. The lowest BCUT2D eigenvalue weighted by atomic mass is 10.2. The smallest absolute Gasteiger partial charge is 0.0650 e. The molecule has 0 amide bonds. The van der Waals surface area contributed by atoms with Crippen molar-refractivity contribution in [2.75, 3.05) is 5.73 Å². The van der Waals surface area contributed by atoms with E-state index in [1.165, 1.54) is 11.3 Å². The molecule has 2 N–H and O–H groups in total. The van der Waals surface area contributed by atoms with Crippen LogP contribution in [0.5, 0.6) is 0 Å². The second-order valence-electron chi connectivity index (χ2n) is 4.01. The summed E-state index contributed by atoms with van der Waals surface area (Å²) in [6, 6.07) is 7.87. The van der Waals surface area contributed by atoms with Gasteiger partial charge in [0.1, 0.15) is 0 Å². The van der Waals surface area contributed by atoms with Crippen LogP contribution >= 0.6 is 11.8 Å². The largest absolute Gasteiger partial charge is 0.399 e. The number of fused-ring (bicyclic) bond motifs is 1. The van der Waals surface area contributed by atoms with Crippen LogP contribution in [0.3, 0.4) is 0 Å². The molecular formula is C12H13N3S. The van der Waals surface area contributed by atoms with Gasteiger partial charge < -0.3 is 5.73 Å². The maximum absolute atomic E-state index is 5.69. The van der Waals surface area contributed by atoms with Crippen LogP contribution in [0.1, 0.15) is 17.0 Å². The van der Waals surface area contributed by atoms with Gasteiger partial charge in [-0.1, -0.05) is 0 Å². The first-order chi connectivity index (χ1) is 7.75. The predicted molar refractivity (Wildman–Crippen MR) is 67.7 cm³/mol. The van der Waals surface area contributed by atoms with E-state index in [9.17, 15) is 0 Å². The van der Waals surface area contributed by atoms with Crippen LogP contribution < -0.4 is 5.73 Å². The number of hydrogen-bond donors (Lipinski definition) is 1. The molecule has 0 fully saturated rings. The van der Waals surface area contributed by atoms with Gasteiger partial charge in [-0.3, -0.25) is 0 Å². The van der Waals surface area contributed by atoms with Crippen molar-refractivity contribution in [3.05, 3.63) is 41.2 Å². The summed E-state index contributed by atoms with van der Waals surface area (Å²) in [5.41, 5.74) is 11.5. The number of nitrogens with zero attached hydrogens (tertiary/aromatic N) is 2. The van der Waals surface area contributed by atoms with Crippen molar-refractivity contribution in [3.63, 3.8) is 0 Å². The minimum Gasteiger partial charge on any atom is -0.399 e. The molecule has 2 aromatic rings. The van der Waals surface area contributed by atoms with Gasteiger partial charge in [-0.25, -0.2) is 4.68 Å². The highest BCUT2D eigenvalue weighted by molar-refractivity contribution is 7.98. The molecule has 0 saturated heterocycles. The fourth-order valence-corrected chi connectivity index (χ4v) is 3.19. The Morgan fingerprint density at radius 1 is 1.25 bits per heavy atom. The van der Waals surface area contributed by atoms with E-state index >= 15 is 0 Å². The molecule has 3 nitrogen and oxygen atoms in total. The summed E-state index contributed by atoms with van der Waals surface area (Å²) < 4.78 is 2.05. The monoisotopic (exact) mass is 231 g/mol. The lowest BCUT2D eigenvalue weighted by Crippen LogP contribution is -2.00. The number of aryl methyl sites for hydroxylation is 1. The summed E-state index contributed by atoms with van der Waals surface area (Å²) in [5.74, 6) is 2.15. The Morgan fingerprint density at radius 3 is 2.75 bits per heavy atom. The highest BCUT2D eigenvalue weighted by atomic mass is 32.2. The first-order valence-corrected chi connectivity index (χ1v) is 6.42. The maximum atomic E-state index is 5.69. The van der Waals surface area contributed by atoms with E-state index in [-0.39, 0.29) is 0 Å². The van der Waals surface area contributed by atoms with Crippen molar-refractivity contribution in [2.45, 2.75) is 18.4 Å². The molecule has 1 aromatic heterocycles. The molecule has 0 radical (unpaired) electrons. The zero-order valence-corrected chi connectivity index (χ0v) is 9.92. The second-order valence-corrected chi connectivity index (χ2v) is 4.99. The van der Waals surface area contributed by atoms with Crippen molar-refractivity contribution < 1.29 is 0 Å². The summed E-state index contributed by atoms with van der Waals surface area (Å²) in [5, 5.41) is 4.59. The number of benzene rings is 1. The van der Waals surface area contributed by atoms with Gasteiger partial charge in [0.15, 0.2) is 0 Å². The molecule has 0 bridgehead atoms. The SMILES string of the molecule is Cc1nn(-c2ccc(N)cc2)c2c1CSC2.